The van der Waals surface area contributed by atoms with Crippen LogP contribution in [0.3, 0.4) is 0 Å². The van der Waals surface area contributed by atoms with E-state index >= 15 is 0 Å². The van der Waals surface area contributed by atoms with Crippen molar-refractivity contribution < 1.29 is 17.9 Å². The summed E-state index contributed by atoms with van der Waals surface area (Å²) in [7, 11) is -2.40. The molecule has 0 radical (unpaired) electrons. The molecule has 1 amide bonds. The molecule has 9 heteroatoms. The summed E-state index contributed by atoms with van der Waals surface area (Å²) in [5.74, 6) is 0.633. The van der Waals surface area contributed by atoms with Gasteiger partial charge < -0.3 is 9.64 Å². The Bertz CT molecular complexity index is 1600. The second kappa shape index (κ2) is 12.5. The number of nitriles is 1. The molecule has 7 nitrogen and oxygen atoms in total. The van der Waals surface area contributed by atoms with E-state index in [0.717, 1.165) is 16.7 Å². The molecule has 0 aliphatic rings. The van der Waals surface area contributed by atoms with Gasteiger partial charge in [0.2, 0.25) is 5.91 Å². The second-order valence-electron chi connectivity index (χ2n) is 8.81. The number of carbonyl (C=O) groups is 1. The fraction of sp³-hybridized carbons (Fsp3) is 0.133. The van der Waals surface area contributed by atoms with Gasteiger partial charge in [0.05, 0.1) is 18.4 Å². The molecular weight excluding hydrogens is 534 g/mol. The minimum absolute atomic E-state index is 0.0112. The third-order valence-electron chi connectivity index (χ3n) is 6.12. The summed E-state index contributed by atoms with van der Waals surface area (Å²) < 4.78 is 32.2. The van der Waals surface area contributed by atoms with Gasteiger partial charge in [-0.3, -0.25) is 4.79 Å². The maximum absolute atomic E-state index is 13.5. The predicted octanol–water partition coefficient (Wildman–Crippen LogP) is 5.55. The van der Waals surface area contributed by atoms with Crippen molar-refractivity contribution in [3.63, 3.8) is 0 Å². The predicted molar refractivity (Wildman–Crippen MR) is 150 cm³/mol. The second-order valence-corrected chi connectivity index (χ2v) is 10.9. The fourth-order valence-electron chi connectivity index (χ4n) is 4.18. The van der Waals surface area contributed by atoms with Crippen LogP contribution in [-0.4, -0.2) is 26.3 Å². The van der Waals surface area contributed by atoms with Crippen LogP contribution in [0.5, 0.6) is 5.75 Å². The van der Waals surface area contributed by atoms with E-state index < -0.39 is 10.0 Å². The van der Waals surface area contributed by atoms with E-state index in [1.807, 2.05) is 65.4 Å². The number of sulfonamides is 1. The molecular formula is C30H26ClN3O4S. The molecule has 0 aliphatic carbocycles. The number of hydrogen-bond acceptors (Lipinski definition) is 5. The normalized spacial score (nSPS) is 10.9. The van der Waals surface area contributed by atoms with Gasteiger partial charge in [-0.05, 0) is 52.6 Å². The number of rotatable bonds is 10. The van der Waals surface area contributed by atoms with Crippen molar-refractivity contribution >= 4 is 27.5 Å². The molecule has 0 spiro atoms. The Balaban J connectivity index is 1.59. The van der Waals surface area contributed by atoms with E-state index in [-0.39, 0.29) is 17.2 Å². The van der Waals surface area contributed by atoms with Gasteiger partial charge in [0.25, 0.3) is 10.0 Å². The first kappa shape index (κ1) is 27.7. The first-order valence-electron chi connectivity index (χ1n) is 12.0. The minimum Gasteiger partial charge on any atom is -0.497 e. The van der Waals surface area contributed by atoms with E-state index in [1.165, 1.54) is 12.3 Å². The van der Waals surface area contributed by atoms with E-state index in [0.29, 0.717) is 35.0 Å². The molecule has 4 rings (SSSR count). The number of methoxy groups -OCH3 is 1. The number of carbonyl (C=O) groups excluding carboxylic acids is 1. The molecule has 1 N–H and O–H groups in total. The molecule has 198 valence electrons. The van der Waals surface area contributed by atoms with Crippen molar-refractivity contribution in [3.8, 4) is 23.1 Å². The monoisotopic (exact) mass is 559 g/mol. The smallest absolute Gasteiger partial charge is 0.270 e. The number of halogens is 1. The number of ether oxygens (including phenoxy) is 1. The molecule has 0 aliphatic heterocycles. The number of nitrogens with zero attached hydrogens (tertiary/aromatic N) is 2. The Kier molecular flexibility index (Phi) is 8.87. The van der Waals surface area contributed by atoms with Crippen LogP contribution in [0, 0.1) is 11.5 Å². The molecule has 0 saturated heterocycles. The van der Waals surface area contributed by atoms with Gasteiger partial charge >= 0.3 is 0 Å². The van der Waals surface area contributed by atoms with Gasteiger partial charge in [-0.2, -0.15) is 5.26 Å². The average molecular weight is 560 g/mol. The van der Waals surface area contributed by atoms with Gasteiger partial charge in [-0.25, -0.2) is 13.1 Å². The maximum Gasteiger partial charge on any atom is 0.270 e. The molecule has 39 heavy (non-hydrogen) atoms. The minimum atomic E-state index is -3.98. The fourth-order valence-corrected chi connectivity index (χ4v) is 5.27. The van der Waals surface area contributed by atoms with Crippen LogP contribution < -0.4 is 9.46 Å². The molecule has 0 unspecified atom stereocenters. The van der Waals surface area contributed by atoms with Crippen molar-refractivity contribution in [2.45, 2.75) is 24.4 Å². The number of hydrogen-bond donors (Lipinski definition) is 1. The van der Waals surface area contributed by atoms with Crippen LogP contribution in [0.1, 0.15) is 16.7 Å². The van der Waals surface area contributed by atoms with Crippen molar-refractivity contribution in [2.75, 3.05) is 7.11 Å². The lowest BCUT2D eigenvalue weighted by molar-refractivity contribution is -0.131. The van der Waals surface area contributed by atoms with Crippen LogP contribution in [0.15, 0.2) is 102 Å². The van der Waals surface area contributed by atoms with Gasteiger partial charge in [-0.15, -0.1) is 0 Å². The lowest BCUT2D eigenvalue weighted by Crippen LogP contribution is -2.31. The van der Waals surface area contributed by atoms with E-state index in [1.54, 1.807) is 42.3 Å². The van der Waals surface area contributed by atoms with Crippen LogP contribution in [0.2, 0.25) is 5.02 Å². The zero-order valence-corrected chi connectivity index (χ0v) is 22.7. The summed E-state index contributed by atoms with van der Waals surface area (Å²) in [5.41, 5.74) is 3.81. The van der Waals surface area contributed by atoms with Crippen molar-refractivity contribution in [1.29, 1.82) is 5.26 Å². The van der Waals surface area contributed by atoms with E-state index in [4.69, 9.17) is 21.6 Å². The third kappa shape index (κ3) is 7.17. The van der Waals surface area contributed by atoms with Crippen LogP contribution in [-0.2, 0) is 34.3 Å². The highest BCUT2D eigenvalue weighted by Crippen LogP contribution is 2.28. The Morgan fingerprint density at radius 3 is 2.18 bits per heavy atom. The Morgan fingerprint density at radius 2 is 1.54 bits per heavy atom. The standard InChI is InChI=1S/C30H26ClN3O4S/c1-38-27-6-4-5-24(17-27)18-30(35)34(20-23-11-15-26(31)16-12-23)19-22-9-13-25(14-10-22)28-7-2-3-8-29(28)39(36,37)33-21-32/h2-17,33H,18-20H2,1H3. The first-order chi connectivity index (χ1) is 18.8. The highest BCUT2D eigenvalue weighted by molar-refractivity contribution is 7.89. The summed E-state index contributed by atoms with van der Waals surface area (Å²) in [6, 6.07) is 28.6. The number of benzene rings is 4. The van der Waals surface area contributed by atoms with Crippen molar-refractivity contribution in [2.24, 2.45) is 0 Å². The van der Waals surface area contributed by atoms with Gasteiger partial charge in [-0.1, -0.05) is 78.3 Å². The first-order valence-corrected chi connectivity index (χ1v) is 13.9. The van der Waals surface area contributed by atoms with Crippen LogP contribution in [0.4, 0.5) is 0 Å². The van der Waals surface area contributed by atoms with Crippen molar-refractivity contribution in [3.05, 3.63) is 119 Å². The molecule has 0 atom stereocenters. The lowest BCUT2D eigenvalue weighted by Gasteiger charge is -2.24. The largest absolute Gasteiger partial charge is 0.497 e. The average Bonchev–Trinajstić information content (AvgIpc) is 2.94. The van der Waals surface area contributed by atoms with Crippen molar-refractivity contribution in [1.82, 2.24) is 9.62 Å². The van der Waals surface area contributed by atoms with Gasteiger partial charge in [0, 0.05) is 23.7 Å². The molecule has 0 saturated carbocycles. The third-order valence-corrected chi connectivity index (χ3v) is 7.67. The summed E-state index contributed by atoms with van der Waals surface area (Å²) in [5, 5.41) is 9.46. The van der Waals surface area contributed by atoms with Crippen LogP contribution >= 0.6 is 11.6 Å². The molecule has 4 aromatic carbocycles. The molecule has 0 fully saturated rings. The van der Waals surface area contributed by atoms with Crippen LogP contribution in [0.25, 0.3) is 11.1 Å². The quantitative estimate of drug-likeness (QED) is 0.203. The zero-order chi connectivity index (χ0) is 27.8. The number of amides is 1. The maximum atomic E-state index is 13.5. The highest BCUT2D eigenvalue weighted by atomic mass is 35.5. The Hall–Kier alpha value is -4.32. The lowest BCUT2D eigenvalue weighted by atomic mass is 10.0. The summed E-state index contributed by atoms with van der Waals surface area (Å²) >= 11 is 6.05. The zero-order valence-electron chi connectivity index (χ0n) is 21.2. The Labute approximate surface area is 233 Å². The SMILES string of the molecule is COc1cccc(CC(=O)N(Cc2ccc(Cl)cc2)Cc2ccc(-c3ccccc3S(=O)(=O)NC#N)cc2)c1. The van der Waals surface area contributed by atoms with E-state index in [2.05, 4.69) is 0 Å². The summed E-state index contributed by atoms with van der Waals surface area (Å²) in [4.78, 5) is 15.2. The molecule has 4 aromatic rings. The summed E-state index contributed by atoms with van der Waals surface area (Å²) in [6.45, 7) is 0.740. The number of nitrogens with one attached hydrogen (secondary N) is 1. The molecule has 0 heterocycles. The summed E-state index contributed by atoms with van der Waals surface area (Å²) in [6.07, 6.45) is 1.69. The topological polar surface area (TPSA) is 99.5 Å². The molecule has 0 bridgehead atoms. The highest BCUT2D eigenvalue weighted by Gasteiger charge is 2.19. The molecule has 0 aromatic heterocycles. The van der Waals surface area contributed by atoms with E-state index in [9.17, 15) is 13.2 Å². The Morgan fingerprint density at radius 1 is 0.897 bits per heavy atom. The van der Waals surface area contributed by atoms with Gasteiger partial charge in [0.15, 0.2) is 6.19 Å². The van der Waals surface area contributed by atoms with Gasteiger partial charge in [0.1, 0.15) is 5.75 Å².